The molecule has 0 radical (unpaired) electrons. The van der Waals surface area contributed by atoms with Crippen molar-refractivity contribution in [2.75, 3.05) is 13.2 Å². The van der Waals surface area contributed by atoms with Gasteiger partial charge in [0.05, 0.1) is 18.1 Å². The van der Waals surface area contributed by atoms with Gasteiger partial charge in [-0.2, -0.15) is 4.72 Å². The molecule has 0 spiro atoms. The fourth-order valence-corrected chi connectivity index (χ4v) is 4.55. The minimum atomic E-state index is -3.96. The molecule has 1 unspecified atom stereocenters. The van der Waals surface area contributed by atoms with Crippen LogP contribution in [0, 0.1) is 0 Å². The molecule has 0 bridgehead atoms. The number of benzene rings is 2. The number of ether oxygens (including phenoxy) is 2. The van der Waals surface area contributed by atoms with Gasteiger partial charge < -0.3 is 13.9 Å². The van der Waals surface area contributed by atoms with Gasteiger partial charge in [-0.15, -0.1) is 0 Å². The third-order valence-corrected chi connectivity index (χ3v) is 6.30. The fourth-order valence-electron chi connectivity index (χ4n) is 3.38. The number of para-hydroxylation sites is 1. The quantitative estimate of drug-likeness (QED) is 0.510. The topological polar surface area (TPSA) is 104 Å². The van der Waals surface area contributed by atoms with E-state index in [1.165, 1.54) is 12.1 Å². The molecule has 0 amide bonds. The molecule has 5 rings (SSSR count). The summed E-state index contributed by atoms with van der Waals surface area (Å²) in [6.45, 7) is 0.986. The lowest BCUT2D eigenvalue weighted by Crippen LogP contribution is -2.30. The van der Waals surface area contributed by atoms with Crippen molar-refractivity contribution in [1.29, 1.82) is 0 Å². The molecule has 0 aliphatic carbocycles. The molecule has 1 atom stereocenters. The fraction of sp³-hybridized carbons (Fsp3) is 0.182. The zero-order valence-corrected chi connectivity index (χ0v) is 17.2. The largest absolute Gasteiger partial charge is 0.490 e. The van der Waals surface area contributed by atoms with Crippen LogP contribution in [0.5, 0.6) is 11.5 Å². The van der Waals surface area contributed by atoms with Crippen molar-refractivity contribution in [3.63, 3.8) is 0 Å². The van der Waals surface area contributed by atoms with Crippen molar-refractivity contribution in [2.24, 2.45) is 0 Å². The van der Waals surface area contributed by atoms with Gasteiger partial charge in [-0.25, -0.2) is 18.4 Å². The average Bonchev–Trinajstić information content (AvgIpc) is 3.08. The van der Waals surface area contributed by atoms with Crippen LogP contribution in [0.1, 0.15) is 24.0 Å². The lowest BCUT2D eigenvalue weighted by Gasteiger charge is -2.16. The van der Waals surface area contributed by atoms with Crippen LogP contribution in [0.25, 0.3) is 11.0 Å². The highest BCUT2D eigenvalue weighted by atomic mass is 32.2. The lowest BCUT2D eigenvalue weighted by atomic mass is 10.2. The van der Waals surface area contributed by atoms with Crippen molar-refractivity contribution in [2.45, 2.75) is 17.4 Å². The Morgan fingerprint density at radius 1 is 0.903 bits per heavy atom. The summed E-state index contributed by atoms with van der Waals surface area (Å²) in [6.07, 6.45) is 3.84. The van der Waals surface area contributed by atoms with Gasteiger partial charge in [0.25, 0.3) is 0 Å². The van der Waals surface area contributed by atoms with Gasteiger partial charge >= 0.3 is 0 Å². The monoisotopic (exact) mass is 437 g/mol. The normalized spacial score (nSPS) is 14.8. The number of nitrogens with one attached hydrogen (secondary N) is 1. The van der Waals surface area contributed by atoms with E-state index in [1.54, 1.807) is 30.6 Å². The van der Waals surface area contributed by atoms with Crippen molar-refractivity contribution >= 4 is 21.0 Å². The van der Waals surface area contributed by atoms with Crippen LogP contribution in [0.2, 0.25) is 0 Å². The molecule has 4 aromatic rings. The molecular weight excluding hydrogens is 418 g/mol. The van der Waals surface area contributed by atoms with Crippen molar-refractivity contribution < 1.29 is 22.3 Å². The highest BCUT2D eigenvalue weighted by Crippen LogP contribution is 2.33. The molecule has 0 saturated heterocycles. The van der Waals surface area contributed by atoms with Gasteiger partial charge in [-0.1, -0.05) is 18.2 Å². The Morgan fingerprint density at radius 3 is 2.48 bits per heavy atom. The van der Waals surface area contributed by atoms with E-state index in [2.05, 4.69) is 14.7 Å². The first-order chi connectivity index (χ1) is 15.1. The van der Waals surface area contributed by atoms with Crippen molar-refractivity contribution in [3.8, 4) is 11.5 Å². The Labute approximate surface area is 178 Å². The highest BCUT2D eigenvalue weighted by Gasteiger charge is 2.28. The van der Waals surface area contributed by atoms with Crippen LogP contribution in [-0.4, -0.2) is 31.6 Å². The van der Waals surface area contributed by atoms with Gasteiger partial charge in [-0.05, 0) is 30.3 Å². The van der Waals surface area contributed by atoms with Gasteiger partial charge in [0.2, 0.25) is 10.0 Å². The molecule has 1 aliphatic heterocycles. The molecule has 1 aliphatic rings. The summed E-state index contributed by atoms with van der Waals surface area (Å²) in [6, 6.07) is 14.5. The molecule has 1 N–H and O–H groups in total. The first-order valence-electron chi connectivity index (χ1n) is 9.77. The first kappa shape index (κ1) is 19.5. The molecule has 9 heteroatoms. The Bertz CT molecular complexity index is 1290. The SMILES string of the molecule is O=S(=O)(NC(c1ncccn1)c1cc2ccccc2o1)c1ccc2c(c1)OCCCO2. The summed E-state index contributed by atoms with van der Waals surface area (Å²) in [5.41, 5.74) is 0.646. The summed E-state index contributed by atoms with van der Waals surface area (Å²) >= 11 is 0. The molecule has 0 saturated carbocycles. The molecule has 2 aromatic carbocycles. The van der Waals surface area contributed by atoms with E-state index in [1.807, 2.05) is 24.3 Å². The first-order valence-corrected chi connectivity index (χ1v) is 11.3. The summed E-state index contributed by atoms with van der Waals surface area (Å²) < 4.78 is 46.4. The second-order valence-corrected chi connectivity index (χ2v) is 8.72. The van der Waals surface area contributed by atoms with Crippen molar-refractivity contribution in [1.82, 2.24) is 14.7 Å². The predicted molar refractivity (Wildman–Crippen MR) is 112 cm³/mol. The van der Waals surface area contributed by atoms with Crippen LogP contribution < -0.4 is 14.2 Å². The summed E-state index contributed by atoms with van der Waals surface area (Å²) in [7, 11) is -3.96. The van der Waals surface area contributed by atoms with E-state index < -0.39 is 16.1 Å². The average molecular weight is 437 g/mol. The second-order valence-electron chi connectivity index (χ2n) is 7.01. The molecular formula is C22H19N3O5S. The molecule has 8 nitrogen and oxygen atoms in total. The van der Waals surface area contributed by atoms with Crippen LogP contribution in [-0.2, 0) is 10.0 Å². The molecule has 158 valence electrons. The van der Waals surface area contributed by atoms with E-state index >= 15 is 0 Å². The lowest BCUT2D eigenvalue weighted by molar-refractivity contribution is 0.297. The number of fused-ring (bicyclic) bond motifs is 2. The van der Waals surface area contributed by atoms with Crippen LogP contribution in [0.4, 0.5) is 0 Å². The van der Waals surface area contributed by atoms with E-state index in [0.717, 1.165) is 11.8 Å². The number of hydrogen-bond donors (Lipinski definition) is 1. The minimum Gasteiger partial charge on any atom is -0.490 e. The summed E-state index contributed by atoms with van der Waals surface area (Å²) in [4.78, 5) is 8.54. The zero-order chi connectivity index (χ0) is 21.3. The maximum Gasteiger partial charge on any atom is 0.241 e. The number of nitrogens with zero attached hydrogens (tertiary/aromatic N) is 2. The van der Waals surface area contributed by atoms with Crippen LogP contribution >= 0.6 is 0 Å². The number of aromatic nitrogens is 2. The summed E-state index contributed by atoms with van der Waals surface area (Å²) in [5.74, 6) is 1.60. The Kier molecular flexibility index (Phi) is 5.05. The Balaban J connectivity index is 1.54. The number of rotatable bonds is 5. The van der Waals surface area contributed by atoms with Gasteiger partial charge in [0.15, 0.2) is 17.3 Å². The predicted octanol–water partition coefficient (Wildman–Crippen LogP) is 3.45. The third-order valence-electron chi connectivity index (χ3n) is 4.88. The molecule has 2 aromatic heterocycles. The van der Waals surface area contributed by atoms with Gasteiger partial charge in [0, 0.05) is 30.3 Å². The zero-order valence-electron chi connectivity index (χ0n) is 16.4. The molecule has 3 heterocycles. The van der Waals surface area contributed by atoms with E-state index in [0.29, 0.717) is 36.1 Å². The van der Waals surface area contributed by atoms with Gasteiger partial charge in [0.1, 0.15) is 17.4 Å². The summed E-state index contributed by atoms with van der Waals surface area (Å²) in [5, 5.41) is 0.855. The minimum absolute atomic E-state index is 0.0498. The van der Waals surface area contributed by atoms with Crippen molar-refractivity contribution in [3.05, 3.63) is 78.6 Å². The maximum atomic E-state index is 13.3. The van der Waals surface area contributed by atoms with Crippen LogP contribution in [0.15, 0.2) is 76.3 Å². The van der Waals surface area contributed by atoms with E-state index in [4.69, 9.17) is 13.9 Å². The van der Waals surface area contributed by atoms with E-state index in [9.17, 15) is 8.42 Å². The Morgan fingerprint density at radius 2 is 1.68 bits per heavy atom. The van der Waals surface area contributed by atoms with Gasteiger partial charge in [-0.3, -0.25) is 0 Å². The highest BCUT2D eigenvalue weighted by molar-refractivity contribution is 7.89. The molecule has 0 fully saturated rings. The second kappa shape index (κ2) is 8.01. The smallest absolute Gasteiger partial charge is 0.241 e. The number of hydrogen-bond acceptors (Lipinski definition) is 7. The maximum absolute atomic E-state index is 13.3. The number of furan rings is 1. The third kappa shape index (κ3) is 3.97. The molecule has 31 heavy (non-hydrogen) atoms. The van der Waals surface area contributed by atoms with E-state index in [-0.39, 0.29) is 10.7 Å². The Hall–Kier alpha value is -3.43. The standard InChI is InChI=1S/C22H19N3O5S/c26-31(27,16-7-8-18-19(14-16)29-12-4-11-28-18)25-21(22-23-9-3-10-24-22)20-13-15-5-1-2-6-17(15)30-20/h1-3,5-10,13-14,21,25H,4,11-12H2. The van der Waals surface area contributed by atoms with Crippen LogP contribution in [0.3, 0.4) is 0 Å². The number of sulfonamides is 1.